The third kappa shape index (κ3) is 2.44. The number of anilines is 2. The van der Waals surface area contributed by atoms with Crippen LogP contribution >= 0.6 is 11.3 Å². The summed E-state index contributed by atoms with van der Waals surface area (Å²) in [7, 11) is 0. The summed E-state index contributed by atoms with van der Waals surface area (Å²) in [6.07, 6.45) is 0. The Bertz CT molecular complexity index is 584. The molecule has 0 bridgehead atoms. The van der Waals surface area contributed by atoms with Gasteiger partial charge in [0.15, 0.2) is 0 Å². The van der Waals surface area contributed by atoms with E-state index in [9.17, 15) is 4.79 Å². The molecule has 0 aliphatic rings. The number of hydrogen-bond acceptors (Lipinski definition) is 4. The summed E-state index contributed by atoms with van der Waals surface area (Å²) in [6, 6.07) is 10.3. The number of nitrogens with one attached hydrogen (secondary N) is 1. The molecule has 0 saturated carbocycles. The van der Waals surface area contributed by atoms with Gasteiger partial charge < -0.3 is 11.1 Å². The molecule has 1 heterocycles. The highest BCUT2D eigenvalue weighted by atomic mass is 32.1. The Morgan fingerprint density at radius 1 is 1.41 bits per heavy atom. The van der Waals surface area contributed by atoms with Gasteiger partial charge in [-0.1, -0.05) is 6.07 Å². The number of rotatable bonds is 2. The van der Waals surface area contributed by atoms with Crippen molar-refractivity contribution in [2.45, 2.75) is 0 Å². The average molecular weight is 243 g/mol. The monoisotopic (exact) mass is 243 g/mol. The standard InChI is InChI=1S/C12H9N3OS/c13-7-8-6-9(14)3-4-10(8)15-12(16)11-2-1-5-17-11/h1-6H,14H2,(H,15,16). The van der Waals surface area contributed by atoms with Crippen LogP contribution in [0.2, 0.25) is 0 Å². The highest BCUT2D eigenvalue weighted by Gasteiger charge is 2.09. The molecule has 1 amide bonds. The van der Waals surface area contributed by atoms with E-state index < -0.39 is 0 Å². The number of benzene rings is 1. The number of nitrogens with two attached hydrogens (primary N) is 1. The molecule has 5 heteroatoms. The van der Waals surface area contributed by atoms with Crippen molar-refractivity contribution in [2.24, 2.45) is 0 Å². The van der Waals surface area contributed by atoms with Crippen molar-refractivity contribution in [1.29, 1.82) is 5.26 Å². The zero-order valence-corrected chi connectivity index (χ0v) is 9.62. The highest BCUT2D eigenvalue weighted by Crippen LogP contribution is 2.19. The summed E-state index contributed by atoms with van der Waals surface area (Å²) in [5.41, 5.74) is 6.89. The topological polar surface area (TPSA) is 78.9 Å². The number of carbonyl (C=O) groups is 1. The van der Waals surface area contributed by atoms with Gasteiger partial charge >= 0.3 is 0 Å². The van der Waals surface area contributed by atoms with E-state index in [-0.39, 0.29) is 5.91 Å². The van der Waals surface area contributed by atoms with Gasteiger partial charge in [0.2, 0.25) is 0 Å². The molecule has 0 aliphatic heterocycles. The van der Waals surface area contributed by atoms with Crippen LogP contribution in [0.5, 0.6) is 0 Å². The summed E-state index contributed by atoms with van der Waals surface area (Å²) in [5, 5.41) is 13.4. The maximum absolute atomic E-state index is 11.8. The molecule has 84 valence electrons. The predicted octanol–water partition coefficient (Wildman–Crippen LogP) is 2.45. The minimum atomic E-state index is -0.221. The fourth-order valence-electron chi connectivity index (χ4n) is 1.36. The number of thiophene rings is 1. The van der Waals surface area contributed by atoms with E-state index in [1.807, 2.05) is 11.4 Å². The molecular formula is C12H9N3OS. The zero-order chi connectivity index (χ0) is 12.3. The molecule has 0 saturated heterocycles. The van der Waals surface area contributed by atoms with Gasteiger partial charge in [-0.3, -0.25) is 4.79 Å². The van der Waals surface area contributed by atoms with E-state index in [4.69, 9.17) is 11.0 Å². The number of amides is 1. The molecule has 0 unspecified atom stereocenters. The Balaban J connectivity index is 2.25. The second-order valence-electron chi connectivity index (χ2n) is 3.35. The summed E-state index contributed by atoms with van der Waals surface area (Å²) < 4.78 is 0. The fourth-order valence-corrected chi connectivity index (χ4v) is 1.97. The minimum Gasteiger partial charge on any atom is -0.399 e. The van der Waals surface area contributed by atoms with Gasteiger partial charge in [0.1, 0.15) is 6.07 Å². The van der Waals surface area contributed by atoms with Gasteiger partial charge in [0.25, 0.3) is 5.91 Å². The maximum atomic E-state index is 11.8. The normalized spacial score (nSPS) is 9.59. The second-order valence-corrected chi connectivity index (χ2v) is 4.30. The number of nitrogen functional groups attached to an aromatic ring is 1. The van der Waals surface area contributed by atoms with E-state index in [1.54, 1.807) is 24.3 Å². The lowest BCUT2D eigenvalue weighted by atomic mass is 10.1. The predicted molar refractivity (Wildman–Crippen MR) is 67.8 cm³/mol. The van der Waals surface area contributed by atoms with Crippen molar-refractivity contribution in [1.82, 2.24) is 0 Å². The highest BCUT2D eigenvalue weighted by molar-refractivity contribution is 7.12. The summed E-state index contributed by atoms with van der Waals surface area (Å²) in [5.74, 6) is -0.221. The van der Waals surface area contributed by atoms with Crippen molar-refractivity contribution < 1.29 is 4.79 Å². The van der Waals surface area contributed by atoms with Crippen LogP contribution in [0.3, 0.4) is 0 Å². The molecule has 1 aromatic carbocycles. The molecule has 2 rings (SSSR count). The molecular weight excluding hydrogens is 234 g/mol. The van der Waals surface area contributed by atoms with E-state index >= 15 is 0 Å². The summed E-state index contributed by atoms with van der Waals surface area (Å²) in [6.45, 7) is 0. The first-order valence-corrected chi connectivity index (χ1v) is 5.73. The van der Waals surface area contributed by atoms with Crippen LogP contribution in [0.1, 0.15) is 15.2 Å². The van der Waals surface area contributed by atoms with Gasteiger partial charge in [0.05, 0.1) is 16.1 Å². The largest absolute Gasteiger partial charge is 0.399 e. The second kappa shape index (κ2) is 4.68. The van der Waals surface area contributed by atoms with Crippen LogP contribution in [0.15, 0.2) is 35.7 Å². The molecule has 0 atom stereocenters. The van der Waals surface area contributed by atoms with Crippen LogP contribution in [0.4, 0.5) is 11.4 Å². The van der Waals surface area contributed by atoms with Crippen molar-refractivity contribution >= 4 is 28.6 Å². The van der Waals surface area contributed by atoms with Gasteiger partial charge in [-0.25, -0.2) is 0 Å². The molecule has 3 N–H and O–H groups in total. The molecule has 4 nitrogen and oxygen atoms in total. The van der Waals surface area contributed by atoms with Crippen molar-refractivity contribution in [3.63, 3.8) is 0 Å². The first kappa shape index (κ1) is 11.2. The molecule has 1 aromatic heterocycles. The van der Waals surface area contributed by atoms with Gasteiger partial charge in [-0.15, -0.1) is 11.3 Å². The molecule has 0 radical (unpaired) electrons. The molecule has 17 heavy (non-hydrogen) atoms. The van der Waals surface area contributed by atoms with Gasteiger partial charge in [-0.2, -0.15) is 5.26 Å². The molecule has 2 aromatic rings. The quantitative estimate of drug-likeness (QED) is 0.795. The SMILES string of the molecule is N#Cc1cc(N)ccc1NC(=O)c1cccs1. The summed E-state index contributed by atoms with van der Waals surface area (Å²) in [4.78, 5) is 12.4. The number of nitriles is 1. The lowest BCUT2D eigenvalue weighted by molar-refractivity contribution is 0.103. The van der Waals surface area contributed by atoms with E-state index in [1.165, 1.54) is 17.4 Å². The van der Waals surface area contributed by atoms with Crippen LogP contribution in [-0.4, -0.2) is 5.91 Å². The smallest absolute Gasteiger partial charge is 0.265 e. The van der Waals surface area contributed by atoms with Gasteiger partial charge in [-0.05, 0) is 29.6 Å². The average Bonchev–Trinajstić information content (AvgIpc) is 2.85. The minimum absolute atomic E-state index is 0.221. The Morgan fingerprint density at radius 2 is 2.24 bits per heavy atom. The van der Waals surface area contributed by atoms with Crippen LogP contribution < -0.4 is 11.1 Å². The Labute approximate surface area is 102 Å². The number of nitrogens with zero attached hydrogens (tertiary/aromatic N) is 1. The lowest BCUT2D eigenvalue weighted by Gasteiger charge is -2.06. The number of carbonyl (C=O) groups excluding carboxylic acids is 1. The molecule has 0 fully saturated rings. The molecule has 0 spiro atoms. The van der Waals surface area contributed by atoms with E-state index in [2.05, 4.69) is 5.32 Å². The van der Waals surface area contributed by atoms with Gasteiger partial charge in [0, 0.05) is 5.69 Å². The molecule has 0 aliphatic carbocycles. The first-order chi connectivity index (χ1) is 8.20. The van der Waals surface area contributed by atoms with Crippen molar-refractivity contribution in [2.75, 3.05) is 11.1 Å². The van der Waals surface area contributed by atoms with Crippen LogP contribution in [0, 0.1) is 11.3 Å². The Morgan fingerprint density at radius 3 is 2.88 bits per heavy atom. The Kier molecular flexibility index (Phi) is 3.08. The van der Waals surface area contributed by atoms with Crippen molar-refractivity contribution in [3.05, 3.63) is 46.2 Å². The lowest BCUT2D eigenvalue weighted by Crippen LogP contribution is -2.11. The van der Waals surface area contributed by atoms with Crippen molar-refractivity contribution in [3.8, 4) is 6.07 Å². The number of hydrogen-bond donors (Lipinski definition) is 2. The fraction of sp³-hybridized carbons (Fsp3) is 0. The van der Waals surface area contributed by atoms with Crippen LogP contribution in [-0.2, 0) is 0 Å². The first-order valence-electron chi connectivity index (χ1n) is 4.85. The third-order valence-corrected chi connectivity index (χ3v) is 3.03. The zero-order valence-electron chi connectivity index (χ0n) is 8.81. The Hall–Kier alpha value is -2.32. The van der Waals surface area contributed by atoms with E-state index in [0.717, 1.165) is 0 Å². The van der Waals surface area contributed by atoms with E-state index in [0.29, 0.717) is 21.8 Å². The van der Waals surface area contributed by atoms with Crippen LogP contribution in [0.25, 0.3) is 0 Å². The summed E-state index contributed by atoms with van der Waals surface area (Å²) >= 11 is 1.35. The third-order valence-electron chi connectivity index (χ3n) is 2.16. The maximum Gasteiger partial charge on any atom is 0.265 e.